The smallest absolute Gasteiger partial charge is 0.399 e. The Hall–Kier alpha value is -1.70. The van der Waals surface area contributed by atoms with Gasteiger partial charge in [0.15, 0.2) is 0 Å². The van der Waals surface area contributed by atoms with E-state index in [-0.39, 0.29) is 24.9 Å². The molecule has 1 saturated heterocycles. The number of rotatable bonds is 4. The normalized spacial score (nSPS) is 19.3. The summed E-state index contributed by atoms with van der Waals surface area (Å²) in [5.74, 6) is 0. The van der Waals surface area contributed by atoms with E-state index in [9.17, 15) is 0 Å². The van der Waals surface area contributed by atoms with Gasteiger partial charge in [0.25, 0.3) is 0 Å². The van der Waals surface area contributed by atoms with Crippen LogP contribution in [-0.2, 0) is 15.9 Å². The molecule has 1 aliphatic heterocycles. The Balaban J connectivity index is 1.77. The zero-order valence-corrected chi connectivity index (χ0v) is 14.0. The van der Waals surface area contributed by atoms with Gasteiger partial charge < -0.3 is 14.4 Å². The van der Waals surface area contributed by atoms with Crippen molar-refractivity contribution in [1.29, 1.82) is 0 Å². The van der Waals surface area contributed by atoms with E-state index in [1.54, 1.807) is 4.68 Å². The lowest BCUT2D eigenvalue weighted by Crippen LogP contribution is -2.41. The molecule has 122 valence electrons. The molecule has 1 aromatic carbocycles. The van der Waals surface area contributed by atoms with Crippen LogP contribution in [0.4, 0.5) is 0 Å². The van der Waals surface area contributed by atoms with Crippen molar-refractivity contribution in [2.45, 2.75) is 45.4 Å². The average Bonchev–Trinajstić information content (AvgIpc) is 3.03. The molecule has 2 aromatic rings. The highest BCUT2D eigenvalue weighted by molar-refractivity contribution is 6.62. The molecule has 0 amide bonds. The SMILES string of the molecule is CC1(C)OB(c2ccc(-c3cn(CCO)nn3)cc2)OC1(C)C. The summed E-state index contributed by atoms with van der Waals surface area (Å²) in [6, 6.07) is 7.94. The molecule has 0 saturated carbocycles. The summed E-state index contributed by atoms with van der Waals surface area (Å²) in [5, 5.41) is 17.0. The predicted molar refractivity (Wildman–Crippen MR) is 88.3 cm³/mol. The molecule has 1 N–H and O–H groups in total. The van der Waals surface area contributed by atoms with Gasteiger partial charge in [0, 0.05) is 5.56 Å². The maximum Gasteiger partial charge on any atom is 0.494 e. The second-order valence-corrected chi connectivity index (χ2v) is 6.80. The van der Waals surface area contributed by atoms with Crippen LogP contribution in [-0.4, -0.2) is 45.0 Å². The van der Waals surface area contributed by atoms with Gasteiger partial charge in [0.1, 0.15) is 5.69 Å². The fourth-order valence-electron chi connectivity index (χ4n) is 2.43. The summed E-state index contributed by atoms with van der Waals surface area (Å²) in [5.41, 5.74) is 2.04. The molecule has 0 bridgehead atoms. The summed E-state index contributed by atoms with van der Waals surface area (Å²) in [4.78, 5) is 0. The van der Waals surface area contributed by atoms with Crippen molar-refractivity contribution in [3.8, 4) is 11.3 Å². The van der Waals surface area contributed by atoms with Crippen molar-refractivity contribution in [3.63, 3.8) is 0 Å². The Kier molecular flexibility index (Phi) is 4.04. The fourth-order valence-corrected chi connectivity index (χ4v) is 2.43. The number of benzene rings is 1. The molecule has 3 rings (SSSR count). The third-order valence-corrected chi connectivity index (χ3v) is 4.60. The third-order valence-electron chi connectivity index (χ3n) is 4.60. The monoisotopic (exact) mass is 315 g/mol. The molecule has 6 nitrogen and oxygen atoms in total. The highest BCUT2D eigenvalue weighted by Crippen LogP contribution is 2.36. The predicted octanol–water partition coefficient (Wildman–Crippen LogP) is 1.24. The van der Waals surface area contributed by atoms with E-state index in [0.29, 0.717) is 6.54 Å². The molecule has 0 aliphatic carbocycles. The Morgan fingerprint density at radius 3 is 2.26 bits per heavy atom. The Morgan fingerprint density at radius 2 is 1.70 bits per heavy atom. The first-order chi connectivity index (χ1) is 10.8. The first-order valence-electron chi connectivity index (χ1n) is 7.79. The highest BCUT2D eigenvalue weighted by Gasteiger charge is 2.51. The van der Waals surface area contributed by atoms with Gasteiger partial charge >= 0.3 is 7.12 Å². The van der Waals surface area contributed by atoms with Crippen molar-refractivity contribution in [1.82, 2.24) is 15.0 Å². The number of hydrogen-bond donors (Lipinski definition) is 1. The van der Waals surface area contributed by atoms with E-state index >= 15 is 0 Å². The van der Waals surface area contributed by atoms with Gasteiger partial charge in [0.2, 0.25) is 0 Å². The Bertz CT molecular complexity index is 666. The van der Waals surface area contributed by atoms with E-state index in [2.05, 4.69) is 10.3 Å². The largest absolute Gasteiger partial charge is 0.494 e. The fraction of sp³-hybridized carbons (Fsp3) is 0.500. The van der Waals surface area contributed by atoms with Crippen LogP contribution < -0.4 is 5.46 Å². The number of hydrogen-bond acceptors (Lipinski definition) is 5. The average molecular weight is 315 g/mol. The molecule has 1 aromatic heterocycles. The van der Waals surface area contributed by atoms with Crippen LogP contribution in [0.5, 0.6) is 0 Å². The van der Waals surface area contributed by atoms with Crippen molar-refractivity contribution >= 4 is 12.6 Å². The van der Waals surface area contributed by atoms with Gasteiger partial charge in [-0.15, -0.1) is 5.10 Å². The van der Waals surface area contributed by atoms with E-state index in [0.717, 1.165) is 16.7 Å². The van der Waals surface area contributed by atoms with Gasteiger partial charge in [-0.3, -0.25) is 0 Å². The third kappa shape index (κ3) is 3.04. The van der Waals surface area contributed by atoms with Crippen molar-refractivity contribution < 1.29 is 14.4 Å². The summed E-state index contributed by atoms with van der Waals surface area (Å²) in [6.07, 6.45) is 1.82. The van der Waals surface area contributed by atoms with Crippen molar-refractivity contribution in [2.24, 2.45) is 0 Å². The van der Waals surface area contributed by atoms with Crippen molar-refractivity contribution in [3.05, 3.63) is 30.5 Å². The number of aliphatic hydroxyl groups excluding tert-OH is 1. The van der Waals surface area contributed by atoms with Crippen molar-refractivity contribution in [2.75, 3.05) is 6.61 Å². The molecule has 0 atom stereocenters. The lowest BCUT2D eigenvalue weighted by molar-refractivity contribution is 0.00578. The van der Waals surface area contributed by atoms with Crippen LogP contribution in [0, 0.1) is 0 Å². The second-order valence-electron chi connectivity index (χ2n) is 6.80. The van der Waals surface area contributed by atoms with Gasteiger partial charge in [-0.05, 0) is 33.2 Å². The highest BCUT2D eigenvalue weighted by atomic mass is 16.7. The molecule has 0 radical (unpaired) electrons. The standard InChI is InChI=1S/C16H22BN3O3/c1-15(2)16(3,4)23-17(22-15)13-7-5-12(6-8-13)14-11-20(9-10-21)19-18-14/h5-8,11,21H,9-10H2,1-4H3. The first kappa shape index (κ1) is 16.2. The van der Waals surface area contributed by atoms with Gasteiger partial charge in [-0.2, -0.15) is 0 Å². The molecule has 1 fully saturated rings. The summed E-state index contributed by atoms with van der Waals surface area (Å²) in [7, 11) is -0.362. The van der Waals surface area contributed by atoms with E-state index < -0.39 is 0 Å². The molecule has 2 heterocycles. The molecule has 23 heavy (non-hydrogen) atoms. The number of aliphatic hydroxyl groups is 1. The van der Waals surface area contributed by atoms with Crippen LogP contribution in [0.2, 0.25) is 0 Å². The minimum absolute atomic E-state index is 0.0453. The Labute approximate surface area is 136 Å². The lowest BCUT2D eigenvalue weighted by atomic mass is 9.79. The topological polar surface area (TPSA) is 69.4 Å². The molecule has 1 aliphatic rings. The van der Waals surface area contributed by atoms with E-state index in [1.165, 1.54) is 0 Å². The van der Waals surface area contributed by atoms with Crippen LogP contribution in [0.25, 0.3) is 11.3 Å². The zero-order chi connectivity index (χ0) is 16.7. The number of aromatic nitrogens is 3. The first-order valence-corrected chi connectivity index (χ1v) is 7.79. The lowest BCUT2D eigenvalue weighted by Gasteiger charge is -2.32. The molecule has 7 heteroatoms. The molecular weight excluding hydrogens is 293 g/mol. The second kappa shape index (κ2) is 5.74. The van der Waals surface area contributed by atoms with Crippen LogP contribution >= 0.6 is 0 Å². The maximum atomic E-state index is 8.93. The van der Waals surface area contributed by atoms with E-state index in [4.69, 9.17) is 14.4 Å². The maximum absolute atomic E-state index is 8.93. The molecule has 0 spiro atoms. The minimum Gasteiger partial charge on any atom is -0.399 e. The molecular formula is C16H22BN3O3. The van der Waals surface area contributed by atoms with Gasteiger partial charge in [0.05, 0.1) is 30.6 Å². The summed E-state index contributed by atoms with van der Waals surface area (Å²) < 4.78 is 13.7. The van der Waals surface area contributed by atoms with Gasteiger partial charge in [-0.25, -0.2) is 4.68 Å². The zero-order valence-electron chi connectivity index (χ0n) is 14.0. The summed E-state index contributed by atoms with van der Waals surface area (Å²) >= 11 is 0. The molecule has 0 unspecified atom stereocenters. The number of nitrogens with zero attached hydrogens (tertiary/aromatic N) is 3. The summed E-state index contributed by atoms with van der Waals surface area (Å²) in [6.45, 7) is 8.66. The van der Waals surface area contributed by atoms with Crippen LogP contribution in [0.15, 0.2) is 30.5 Å². The van der Waals surface area contributed by atoms with Crippen LogP contribution in [0.3, 0.4) is 0 Å². The minimum atomic E-state index is -0.362. The Morgan fingerprint density at radius 1 is 1.09 bits per heavy atom. The van der Waals surface area contributed by atoms with Crippen LogP contribution in [0.1, 0.15) is 27.7 Å². The van der Waals surface area contributed by atoms with Gasteiger partial charge in [-0.1, -0.05) is 29.5 Å². The quantitative estimate of drug-likeness (QED) is 0.860. The van der Waals surface area contributed by atoms with E-state index in [1.807, 2.05) is 58.2 Å².